The van der Waals surface area contributed by atoms with Crippen LogP contribution in [0.4, 0.5) is 0 Å². The Morgan fingerprint density at radius 2 is 1.58 bits per heavy atom. The van der Waals surface area contributed by atoms with E-state index in [0.29, 0.717) is 10.5 Å². The fourth-order valence-electron chi connectivity index (χ4n) is 2.70. The van der Waals surface area contributed by atoms with Crippen molar-refractivity contribution in [1.82, 2.24) is 4.90 Å². The lowest BCUT2D eigenvalue weighted by Gasteiger charge is -2.28. The van der Waals surface area contributed by atoms with Gasteiger partial charge < -0.3 is 9.90 Å². The van der Waals surface area contributed by atoms with Gasteiger partial charge in [0.2, 0.25) is 0 Å². The lowest BCUT2D eigenvalue weighted by Crippen LogP contribution is -2.47. The Morgan fingerprint density at radius 1 is 0.962 bits per heavy atom. The Labute approximate surface area is 154 Å². The van der Waals surface area contributed by atoms with Gasteiger partial charge in [0, 0.05) is 16.2 Å². The Hall–Kier alpha value is -3.18. The van der Waals surface area contributed by atoms with Crippen LogP contribution in [0.2, 0.25) is 0 Å². The highest BCUT2D eigenvalue weighted by Gasteiger charge is 2.34. The van der Waals surface area contributed by atoms with E-state index in [1.165, 1.54) is 12.1 Å². The molecule has 0 aromatic heterocycles. The van der Waals surface area contributed by atoms with Gasteiger partial charge >= 0.3 is 0 Å². The number of nitrogens with zero attached hydrogens (tertiary/aromatic N) is 1. The van der Waals surface area contributed by atoms with Gasteiger partial charge in [-0.2, -0.15) is 0 Å². The Balaban J connectivity index is 2.08. The minimum absolute atomic E-state index is 0.152. The molecule has 0 spiro atoms. The van der Waals surface area contributed by atoms with Gasteiger partial charge in [0.15, 0.2) is 0 Å². The van der Waals surface area contributed by atoms with E-state index in [1.54, 1.807) is 24.3 Å². The molecule has 1 aliphatic heterocycles. The number of rotatable bonds is 4. The molecule has 0 aliphatic carbocycles. The molecule has 130 valence electrons. The molecule has 26 heavy (non-hydrogen) atoms. The third kappa shape index (κ3) is 3.58. The number of amides is 2. The molecular weight excluding hydrogens is 354 g/mol. The van der Waals surface area contributed by atoms with Crippen LogP contribution in [0.15, 0.2) is 65.7 Å². The van der Waals surface area contributed by atoms with Crippen LogP contribution in [0.3, 0.4) is 0 Å². The molecule has 0 bridgehead atoms. The van der Waals surface area contributed by atoms with Crippen molar-refractivity contribution in [3.05, 3.63) is 82.4 Å². The Kier molecular flexibility index (Phi) is 5.00. The predicted octanol–water partition coefficient (Wildman–Crippen LogP) is 2.08. The standard InChI is InChI=1S/C20H14ClNO4/c21-14(10-13-6-2-1-3-7-13)11-17-15-8-4-5-9-16(15)19(25)22(20(17)26)12-18(23)24/h1-11H,12H2,(H,23,24)/p-1/b14-10-,17-11?. The molecule has 3 rings (SSSR count). The second-order valence-corrected chi connectivity index (χ2v) is 6.05. The SMILES string of the molecule is O=C([O-])CN1C(=O)C(=C/C(Cl)=C/c2ccccc2)c2ccccc2C1=O. The Bertz CT molecular complexity index is 947. The van der Waals surface area contributed by atoms with Crippen LogP contribution in [0.1, 0.15) is 21.5 Å². The summed E-state index contributed by atoms with van der Waals surface area (Å²) in [4.78, 5) is 36.7. The number of hydrogen-bond donors (Lipinski definition) is 0. The van der Waals surface area contributed by atoms with Gasteiger partial charge in [-0.15, -0.1) is 0 Å². The molecule has 5 nitrogen and oxygen atoms in total. The van der Waals surface area contributed by atoms with E-state index in [4.69, 9.17) is 11.6 Å². The summed E-state index contributed by atoms with van der Waals surface area (Å²) in [6.07, 6.45) is 3.11. The van der Waals surface area contributed by atoms with Crippen LogP contribution < -0.4 is 5.11 Å². The van der Waals surface area contributed by atoms with Crippen molar-refractivity contribution in [2.75, 3.05) is 6.54 Å². The van der Waals surface area contributed by atoms with E-state index < -0.39 is 24.3 Å². The molecule has 1 heterocycles. The molecule has 1 aliphatic rings. The average molecular weight is 367 g/mol. The zero-order chi connectivity index (χ0) is 18.7. The smallest absolute Gasteiger partial charge is 0.261 e. The number of aliphatic carboxylic acids is 1. The highest BCUT2D eigenvalue weighted by Crippen LogP contribution is 2.30. The van der Waals surface area contributed by atoms with E-state index >= 15 is 0 Å². The maximum absolute atomic E-state index is 12.7. The average Bonchev–Trinajstić information content (AvgIpc) is 2.63. The van der Waals surface area contributed by atoms with Crippen LogP contribution >= 0.6 is 11.6 Å². The molecule has 0 fully saturated rings. The first kappa shape index (κ1) is 17.6. The fraction of sp³-hybridized carbons (Fsp3) is 0.0500. The monoisotopic (exact) mass is 366 g/mol. The van der Waals surface area contributed by atoms with Crippen LogP contribution in [-0.2, 0) is 9.59 Å². The van der Waals surface area contributed by atoms with Crippen molar-refractivity contribution < 1.29 is 19.5 Å². The third-order valence-corrected chi connectivity index (χ3v) is 4.06. The quantitative estimate of drug-likeness (QED) is 0.613. The molecule has 6 heteroatoms. The van der Waals surface area contributed by atoms with Crippen molar-refractivity contribution in [2.45, 2.75) is 0 Å². The number of benzene rings is 2. The summed E-state index contributed by atoms with van der Waals surface area (Å²) >= 11 is 6.27. The number of carboxylic acids is 1. The summed E-state index contributed by atoms with van der Waals surface area (Å²) in [7, 11) is 0. The molecule has 0 unspecified atom stereocenters. The molecule has 2 aromatic rings. The number of hydrogen-bond acceptors (Lipinski definition) is 4. The van der Waals surface area contributed by atoms with Crippen molar-refractivity contribution in [3.8, 4) is 0 Å². The van der Waals surface area contributed by atoms with Gasteiger partial charge in [-0.05, 0) is 29.3 Å². The van der Waals surface area contributed by atoms with Crippen LogP contribution in [-0.4, -0.2) is 29.2 Å². The third-order valence-electron chi connectivity index (χ3n) is 3.84. The van der Waals surface area contributed by atoms with Gasteiger partial charge in [0.05, 0.1) is 12.5 Å². The first-order chi connectivity index (χ1) is 12.5. The molecule has 0 atom stereocenters. The number of carboxylic acid groups (broad SMARTS) is 1. The zero-order valence-electron chi connectivity index (χ0n) is 13.5. The summed E-state index contributed by atoms with van der Waals surface area (Å²) in [6.45, 7) is -0.816. The van der Waals surface area contributed by atoms with Gasteiger partial charge in [-0.25, -0.2) is 0 Å². The lowest BCUT2D eigenvalue weighted by atomic mass is 9.93. The number of carbonyl (C=O) groups excluding carboxylic acids is 3. The number of imide groups is 1. The normalized spacial score (nSPS) is 16.0. The summed E-state index contributed by atoms with van der Waals surface area (Å²) in [6, 6.07) is 15.8. The van der Waals surface area contributed by atoms with Crippen molar-refractivity contribution >= 4 is 41.0 Å². The van der Waals surface area contributed by atoms with E-state index in [2.05, 4.69) is 0 Å². The van der Waals surface area contributed by atoms with Crippen LogP contribution in [0, 0.1) is 0 Å². The largest absolute Gasteiger partial charge is 0.548 e. The summed E-state index contributed by atoms with van der Waals surface area (Å²) in [5.41, 5.74) is 1.65. The van der Waals surface area contributed by atoms with Crippen LogP contribution in [0.25, 0.3) is 11.6 Å². The summed E-state index contributed by atoms with van der Waals surface area (Å²) < 4.78 is 0. The van der Waals surface area contributed by atoms with Crippen molar-refractivity contribution in [1.29, 1.82) is 0 Å². The topological polar surface area (TPSA) is 77.5 Å². The first-order valence-corrected chi connectivity index (χ1v) is 8.14. The fourth-order valence-corrected chi connectivity index (χ4v) is 2.94. The lowest BCUT2D eigenvalue weighted by molar-refractivity contribution is -0.305. The van der Waals surface area contributed by atoms with E-state index in [-0.39, 0.29) is 16.2 Å². The maximum Gasteiger partial charge on any atom is 0.261 e. The molecule has 0 saturated carbocycles. The van der Waals surface area contributed by atoms with E-state index in [9.17, 15) is 19.5 Å². The van der Waals surface area contributed by atoms with Gasteiger partial charge in [0.25, 0.3) is 11.8 Å². The zero-order valence-corrected chi connectivity index (χ0v) is 14.3. The predicted molar refractivity (Wildman–Crippen MR) is 95.7 cm³/mol. The molecule has 2 amide bonds. The minimum Gasteiger partial charge on any atom is -0.548 e. The molecule has 0 radical (unpaired) electrons. The number of halogens is 1. The molecular formula is C20H13ClNO4-. The number of allylic oxidation sites excluding steroid dienone is 2. The van der Waals surface area contributed by atoms with Crippen molar-refractivity contribution in [3.63, 3.8) is 0 Å². The minimum atomic E-state index is -1.52. The van der Waals surface area contributed by atoms with Gasteiger partial charge in [-0.1, -0.05) is 60.1 Å². The number of fused-ring (bicyclic) bond motifs is 1. The molecule has 0 N–H and O–H groups in total. The summed E-state index contributed by atoms with van der Waals surface area (Å²) in [5, 5.41) is 11.2. The molecule has 2 aromatic carbocycles. The Morgan fingerprint density at radius 3 is 2.23 bits per heavy atom. The number of carbonyl (C=O) groups is 3. The van der Waals surface area contributed by atoms with E-state index in [0.717, 1.165) is 5.56 Å². The van der Waals surface area contributed by atoms with Gasteiger partial charge in [0.1, 0.15) is 0 Å². The highest BCUT2D eigenvalue weighted by molar-refractivity contribution is 6.37. The first-order valence-electron chi connectivity index (χ1n) is 7.77. The van der Waals surface area contributed by atoms with Gasteiger partial charge in [-0.3, -0.25) is 14.5 Å². The van der Waals surface area contributed by atoms with E-state index in [1.807, 2.05) is 30.3 Å². The highest BCUT2D eigenvalue weighted by atomic mass is 35.5. The van der Waals surface area contributed by atoms with Crippen LogP contribution in [0.5, 0.6) is 0 Å². The molecule has 0 saturated heterocycles. The second-order valence-electron chi connectivity index (χ2n) is 5.61. The maximum atomic E-state index is 12.7. The summed E-state index contributed by atoms with van der Waals surface area (Å²) in [5.74, 6) is -2.91. The second kappa shape index (κ2) is 7.37. The van der Waals surface area contributed by atoms with Crippen molar-refractivity contribution in [2.24, 2.45) is 0 Å².